The van der Waals surface area contributed by atoms with Crippen LogP contribution in [0.25, 0.3) is 10.8 Å². The summed E-state index contributed by atoms with van der Waals surface area (Å²) in [7, 11) is 0. The zero-order valence-corrected chi connectivity index (χ0v) is 14.8. The summed E-state index contributed by atoms with van der Waals surface area (Å²) in [4.78, 5) is 12.3. The van der Waals surface area contributed by atoms with Crippen molar-refractivity contribution >= 4 is 38.3 Å². The van der Waals surface area contributed by atoms with Crippen LogP contribution in [-0.2, 0) is 4.79 Å². The van der Waals surface area contributed by atoms with E-state index < -0.39 is 0 Å². The van der Waals surface area contributed by atoms with E-state index in [9.17, 15) is 4.79 Å². The highest BCUT2D eigenvalue weighted by molar-refractivity contribution is 9.10. The second-order valence-electron chi connectivity index (χ2n) is 6.28. The molecule has 124 valence electrons. The number of amides is 1. The van der Waals surface area contributed by atoms with Gasteiger partial charge in [-0.3, -0.25) is 4.79 Å². The summed E-state index contributed by atoms with van der Waals surface area (Å²) in [5.74, 6) is 1.44. The van der Waals surface area contributed by atoms with Gasteiger partial charge in [-0.15, -0.1) is 0 Å². The third-order valence-corrected chi connectivity index (χ3v) is 5.54. The predicted octanol–water partition coefficient (Wildman–Crippen LogP) is 4.81. The highest BCUT2D eigenvalue weighted by Crippen LogP contribution is 2.47. The van der Waals surface area contributed by atoms with Gasteiger partial charge in [0.05, 0.1) is 0 Å². The molecular weight excluding hydrogens is 382 g/mol. The first-order valence-electron chi connectivity index (χ1n) is 8.11. The Kier molecular flexibility index (Phi) is 3.25. The van der Waals surface area contributed by atoms with Gasteiger partial charge >= 0.3 is 0 Å². The van der Waals surface area contributed by atoms with Crippen LogP contribution in [0.5, 0.6) is 11.5 Å². The monoisotopic (exact) mass is 395 g/mol. The molecule has 0 saturated carbocycles. The van der Waals surface area contributed by atoms with Gasteiger partial charge in [-0.2, -0.15) is 0 Å². The molecule has 2 aliphatic heterocycles. The molecule has 1 atom stereocenters. The van der Waals surface area contributed by atoms with Crippen LogP contribution in [0.3, 0.4) is 0 Å². The normalized spacial score (nSPS) is 18.1. The van der Waals surface area contributed by atoms with Crippen molar-refractivity contribution in [3.05, 3.63) is 64.1 Å². The smallest absolute Gasteiger partial charge is 0.231 e. The number of hydrogen-bond acceptors (Lipinski definition) is 3. The van der Waals surface area contributed by atoms with Gasteiger partial charge in [0.2, 0.25) is 12.7 Å². The number of fused-ring (bicyclic) bond motifs is 4. The molecule has 25 heavy (non-hydrogen) atoms. The maximum atomic E-state index is 12.3. The number of carbonyl (C=O) groups excluding carboxylic acids is 1. The Bertz CT molecular complexity index is 1030. The maximum absolute atomic E-state index is 12.3. The molecule has 1 N–H and O–H groups in total. The molecule has 0 radical (unpaired) electrons. The van der Waals surface area contributed by atoms with Crippen molar-refractivity contribution in [1.82, 2.24) is 0 Å². The van der Waals surface area contributed by atoms with E-state index in [0.717, 1.165) is 38.2 Å². The molecule has 1 amide bonds. The Labute approximate surface area is 152 Å². The van der Waals surface area contributed by atoms with Gasteiger partial charge in [0.25, 0.3) is 0 Å². The number of hydrogen-bond donors (Lipinski definition) is 1. The van der Waals surface area contributed by atoms with E-state index in [1.807, 2.05) is 36.4 Å². The summed E-state index contributed by atoms with van der Waals surface area (Å²) in [6.45, 7) is 0.232. The van der Waals surface area contributed by atoms with E-state index in [1.165, 1.54) is 5.39 Å². The first-order valence-corrected chi connectivity index (χ1v) is 8.90. The molecule has 3 aromatic carbocycles. The molecule has 0 aromatic heterocycles. The molecule has 2 heterocycles. The zero-order chi connectivity index (χ0) is 17.0. The Hall–Kier alpha value is -2.53. The lowest BCUT2D eigenvalue weighted by Crippen LogP contribution is -2.24. The maximum Gasteiger partial charge on any atom is 0.231 e. The minimum Gasteiger partial charge on any atom is -0.454 e. The number of carbonyl (C=O) groups is 1. The van der Waals surface area contributed by atoms with Crippen LogP contribution < -0.4 is 14.8 Å². The predicted molar refractivity (Wildman–Crippen MR) is 99.3 cm³/mol. The van der Waals surface area contributed by atoms with Crippen molar-refractivity contribution in [2.75, 3.05) is 12.1 Å². The number of rotatable bonds is 1. The summed E-state index contributed by atoms with van der Waals surface area (Å²) in [6.07, 6.45) is 0.402. The van der Waals surface area contributed by atoms with Crippen LogP contribution in [0.4, 0.5) is 5.69 Å². The fraction of sp³-hybridized carbons (Fsp3) is 0.150. The van der Waals surface area contributed by atoms with Crippen molar-refractivity contribution in [1.29, 1.82) is 0 Å². The second-order valence-corrected chi connectivity index (χ2v) is 7.13. The largest absolute Gasteiger partial charge is 0.454 e. The first-order chi connectivity index (χ1) is 12.2. The van der Waals surface area contributed by atoms with Crippen molar-refractivity contribution in [3.63, 3.8) is 0 Å². The number of halogens is 1. The number of nitrogens with one attached hydrogen (secondary N) is 1. The first kappa shape index (κ1) is 14.8. The fourth-order valence-electron chi connectivity index (χ4n) is 3.73. The molecule has 0 saturated heterocycles. The molecule has 0 fully saturated rings. The van der Waals surface area contributed by atoms with Crippen molar-refractivity contribution in [3.8, 4) is 11.5 Å². The van der Waals surface area contributed by atoms with Gasteiger partial charge in [0.1, 0.15) is 0 Å². The van der Waals surface area contributed by atoms with Crippen LogP contribution >= 0.6 is 15.9 Å². The average molecular weight is 396 g/mol. The Balaban J connectivity index is 1.76. The minimum atomic E-state index is -0.0428. The van der Waals surface area contributed by atoms with Crippen LogP contribution in [0.15, 0.2) is 53.0 Å². The minimum absolute atomic E-state index is 0.0253. The summed E-state index contributed by atoms with van der Waals surface area (Å²) in [5, 5.41) is 5.34. The molecule has 5 rings (SSSR count). The number of anilines is 1. The molecule has 2 aliphatic rings. The van der Waals surface area contributed by atoms with Crippen molar-refractivity contribution in [2.24, 2.45) is 0 Å². The third-order valence-electron chi connectivity index (χ3n) is 4.85. The number of ether oxygens (including phenoxy) is 2. The fourth-order valence-corrected chi connectivity index (χ4v) is 4.33. The highest BCUT2D eigenvalue weighted by atomic mass is 79.9. The van der Waals surface area contributed by atoms with Gasteiger partial charge in [-0.25, -0.2) is 0 Å². The number of benzene rings is 3. The molecular formula is C20H14BrNO3. The van der Waals surface area contributed by atoms with Gasteiger partial charge in [0.15, 0.2) is 11.5 Å². The third kappa shape index (κ3) is 2.30. The van der Waals surface area contributed by atoms with Crippen LogP contribution in [0, 0.1) is 0 Å². The lowest BCUT2D eigenvalue weighted by atomic mass is 9.82. The Morgan fingerprint density at radius 3 is 2.72 bits per heavy atom. The van der Waals surface area contributed by atoms with E-state index in [2.05, 4.69) is 33.4 Å². The van der Waals surface area contributed by atoms with Crippen LogP contribution in [0.1, 0.15) is 23.5 Å². The zero-order valence-electron chi connectivity index (χ0n) is 13.2. The second kappa shape index (κ2) is 5.49. The van der Waals surface area contributed by atoms with Crippen LogP contribution in [-0.4, -0.2) is 12.7 Å². The van der Waals surface area contributed by atoms with E-state index >= 15 is 0 Å². The molecule has 0 bridgehead atoms. The molecule has 0 aliphatic carbocycles. The summed E-state index contributed by atoms with van der Waals surface area (Å²) < 4.78 is 11.9. The topological polar surface area (TPSA) is 47.6 Å². The summed E-state index contributed by atoms with van der Waals surface area (Å²) in [5.41, 5.74) is 3.07. The molecule has 4 nitrogen and oxygen atoms in total. The molecule has 0 spiro atoms. The summed E-state index contributed by atoms with van der Waals surface area (Å²) in [6, 6.07) is 16.2. The van der Waals surface area contributed by atoms with E-state index in [0.29, 0.717) is 6.42 Å². The lowest BCUT2D eigenvalue weighted by molar-refractivity contribution is -0.116. The SMILES string of the molecule is O=C1C[C@@H](c2cc3c(cc2Br)OCO3)c2c(ccc3ccccc23)N1. The molecule has 5 heteroatoms. The van der Waals surface area contributed by atoms with Gasteiger partial charge in [-0.05, 0) is 40.1 Å². The Morgan fingerprint density at radius 2 is 1.84 bits per heavy atom. The van der Waals surface area contributed by atoms with Crippen LogP contribution in [0.2, 0.25) is 0 Å². The van der Waals surface area contributed by atoms with Crippen molar-refractivity contribution < 1.29 is 14.3 Å². The molecule has 0 unspecified atom stereocenters. The highest BCUT2D eigenvalue weighted by Gasteiger charge is 2.31. The van der Waals surface area contributed by atoms with E-state index in [-0.39, 0.29) is 18.6 Å². The average Bonchev–Trinajstić information content (AvgIpc) is 3.07. The van der Waals surface area contributed by atoms with E-state index in [1.54, 1.807) is 0 Å². The standard InChI is InChI=1S/C20H14BrNO3/c21-15-9-18-17(24-10-25-18)7-13(15)14-8-19(23)22-16-6-5-11-3-1-2-4-12(11)20(14)16/h1-7,9,14H,8,10H2,(H,22,23)/t14-/m0/s1. The summed E-state index contributed by atoms with van der Waals surface area (Å²) >= 11 is 3.65. The van der Waals surface area contributed by atoms with Gasteiger partial charge < -0.3 is 14.8 Å². The van der Waals surface area contributed by atoms with E-state index in [4.69, 9.17) is 9.47 Å². The molecule has 3 aromatic rings. The van der Waals surface area contributed by atoms with Gasteiger partial charge in [0, 0.05) is 22.5 Å². The van der Waals surface area contributed by atoms with Gasteiger partial charge in [-0.1, -0.05) is 46.3 Å². The lowest BCUT2D eigenvalue weighted by Gasteiger charge is -2.28. The quantitative estimate of drug-likeness (QED) is 0.643. The van der Waals surface area contributed by atoms with Crippen molar-refractivity contribution in [2.45, 2.75) is 12.3 Å². The Morgan fingerprint density at radius 1 is 1.04 bits per heavy atom.